The molecule has 5 nitrogen and oxygen atoms in total. The molecular weight excluding hydrogens is 789 g/mol. The normalized spacial score (nSPS) is 13.5. The summed E-state index contributed by atoms with van der Waals surface area (Å²) >= 11 is 0. The second kappa shape index (κ2) is 53.1. The van der Waals surface area contributed by atoms with E-state index in [1.165, 1.54) is 32.1 Å². The molecule has 0 aromatic rings. The summed E-state index contributed by atoms with van der Waals surface area (Å²) in [5.74, 6) is -0.642. The first-order valence-corrected chi connectivity index (χ1v) is 25.4. The van der Waals surface area contributed by atoms with Crippen LogP contribution in [-0.4, -0.2) is 36.4 Å². The monoisotopic (exact) mass is 881 g/mol. The van der Waals surface area contributed by atoms with Gasteiger partial charge in [0.15, 0.2) is 6.10 Å². The molecule has 1 unspecified atom stereocenters. The third-order valence-corrected chi connectivity index (χ3v) is 10.1. The summed E-state index contributed by atoms with van der Waals surface area (Å²) in [6.45, 7) is 3.87. The second-order valence-electron chi connectivity index (χ2n) is 16.1. The minimum Gasteiger partial charge on any atom is -0.462 e. The quantitative estimate of drug-likeness (QED) is 0.0375. The van der Waals surface area contributed by atoms with Gasteiger partial charge in [0.25, 0.3) is 0 Å². The molecule has 0 heterocycles. The molecule has 0 aliphatic heterocycles. The Morgan fingerprint density at radius 2 is 0.625 bits per heavy atom. The lowest BCUT2D eigenvalue weighted by Crippen LogP contribution is -2.28. The highest BCUT2D eigenvalue weighted by Crippen LogP contribution is 2.12. The van der Waals surface area contributed by atoms with E-state index >= 15 is 0 Å². The van der Waals surface area contributed by atoms with Crippen LogP contribution in [0, 0.1) is 0 Å². The van der Waals surface area contributed by atoms with Gasteiger partial charge in [0.2, 0.25) is 0 Å². The van der Waals surface area contributed by atoms with Gasteiger partial charge in [-0.1, -0.05) is 211 Å². The van der Waals surface area contributed by atoms with Gasteiger partial charge in [0.05, 0.1) is 6.61 Å². The van der Waals surface area contributed by atoms with Gasteiger partial charge in [-0.15, -0.1) is 0 Å². The number of hydrogen-bond donors (Lipinski definition) is 1. The van der Waals surface area contributed by atoms with Crippen molar-refractivity contribution in [1.82, 2.24) is 0 Å². The molecule has 0 spiro atoms. The van der Waals surface area contributed by atoms with Crippen LogP contribution in [0.4, 0.5) is 0 Å². The average molecular weight is 881 g/mol. The topological polar surface area (TPSA) is 72.8 Å². The SMILES string of the molecule is CC/C=C\C/C=C\C/C=C\C/C=C\C/C=C\C/C=C\C/C=C\C/C=C\CCCCCCC(=O)OC(CO)COC(=O)CCCCCCCCCC/C=C\C/C=C\C/C=C\C/C=C\CC. The fourth-order valence-corrected chi connectivity index (χ4v) is 6.38. The van der Waals surface area contributed by atoms with Crippen molar-refractivity contribution in [3.05, 3.63) is 146 Å². The van der Waals surface area contributed by atoms with Crippen LogP contribution in [0.2, 0.25) is 0 Å². The van der Waals surface area contributed by atoms with Gasteiger partial charge in [-0.2, -0.15) is 0 Å². The zero-order valence-corrected chi connectivity index (χ0v) is 40.7. The molecule has 64 heavy (non-hydrogen) atoms. The lowest BCUT2D eigenvalue weighted by Gasteiger charge is -2.15. The van der Waals surface area contributed by atoms with Gasteiger partial charge < -0.3 is 14.6 Å². The van der Waals surface area contributed by atoms with Crippen molar-refractivity contribution in [3.8, 4) is 0 Å². The summed E-state index contributed by atoms with van der Waals surface area (Å²) in [6, 6.07) is 0. The van der Waals surface area contributed by atoms with Crippen molar-refractivity contribution in [1.29, 1.82) is 0 Å². The van der Waals surface area contributed by atoms with Gasteiger partial charge in [0.1, 0.15) is 6.61 Å². The van der Waals surface area contributed by atoms with E-state index in [-0.39, 0.29) is 25.2 Å². The predicted molar refractivity (Wildman–Crippen MR) is 278 cm³/mol. The number of carbonyl (C=O) groups is 2. The Hall–Kier alpha value is -4.22. The minimum absolute atomic E-state index is 0.0913. The molecule has 0 radical (unpaired) electrons. The summed E-state index contributed by atoms with van der Waals surface area (Å²) in [5.41, 5.74) is 0. The first kappa shape index (κ1) is 59.8. The van der Waals surface area contributed by atoms with Gasteiger partial charge in [0, 0.05) is 12.8 Å². The summed E-state index contributed by atoms with van der Waals surface area (Å²) in [4.78, 5) is 24.5. The van der Waals surface area contributed by atoms with Gasteiger partial charge in [-0.25, -0.2) is 0 Å². The maximum absolute atomic E-state index is 12.3. The maximum atomic E-state index is 12.3. The van der Waals surface area contributed by atoms with E-state index in [4.69, 9.17) is 9.47 Å². The molecule has 1 N–H and O–H groups in total. The number of rotatable bonds is 44. The molecular formula is C59H92O5. The molecule has 0 rings (SSSR count). The van der Waals surface area contributed by atoms with Crippen molar-refractivity contribution in [3.63, 3.8) is 0 Å². The summed E-state index contributed by atoms with van der Waals surface area (Å²) in [5, 5.41) is 9.63. The van der Waals surface area contributed by atoms with E-state index in [0.29, 0.717) is 12.8 Å². The number of aliphatic hydroxyl groups excluding tert-OH is 1. The van der Waals surface area contributed by atoms with Gasteiger partial charge >= 0.3 is 11.9 Å². The molecule has 0 aliphatic carbocycles. The lowest BCUT2D eigenvalue weighted by atomic mass is 10.1. The maximum Gasteiger partial charge on any atom is 0.306 e. The van der Waals surface area contributed by atoms with E-state index < -0.39 is 6.10 Å². The van der Waals surface area contributed by atoms with Crippen LogP contribution in [0.25, 0.3) is 0 Å². The van der Waals surface area contributed by atoms with E-state index in [9.17, 15) is 14.7 Å². The highest BCUT2D eigenvalue weighted by atomic mass is 16.6. The van der Waals surface area contributed by atoms with Crippen molar-refractivity contribution >= 4 is 11.9 Å². The molecule has 0 aliphatic rings. The van der Waals surface area contributed by atoms with Crippen LogP contribution >= 0.6 is 0 Å². The molecule has 1 atom stereocenters. The highest BCUT2D eigenvalue weighted by molar-refractivity contribution is 5.70. The number of hydrogen-bond acceptors (Lipinski definition) is 5. The number of esters is 2. The predicted octanol–water partition coefficient (Wildman–Crippen LogP) is 17.1. The van der Waals surface area contributed by atoms with Crippen molar-refractivity contribution in [2.24, 2.45) is 0 Å². The van der Waals surface area contributed by atoms with Crippen molar-refractivity contribution in [2.75, 3.05) is 13.2 Å². The smallest absolute Gasteiger partial charge is 0.306 e. The number of allylic oxidation sites excluding steroid dienone is 24. The first-order valence-electron chi connectivity index (χ1n) is 25.4. The molecule has 0 aromatic heterocycles. The second-order valence-corrected chi connectivity index (χ2v) is 16.1. The highest BCUT2D eigenvalue weighted by Gasteiger charge is 2.16. The van der Waals surface area contributed by atoms with Crippen LogP contribution in [0.1, 0.15) is 194 Å². The van der Waals surface area contributed by atoms with Crippen LogP contribution in [0.5, 0.6) is 0 Å². The van der Waals surface area contributed by atoms with Gasteiger partial charge in [-0.05, 0) is 116 Å². The Bertz CT molecular complexity index is 1410. The van der Waals surface area contributed by atoms with Crippen LogP contribution < -0.4 is 0 Å². The van der Waals surface area contributed by atoms with Crippen molar-refractivity contribution < 1.29 is 24.2 Å². The van der Waals surface area contributed by atoms with Gasteiger partial charge in [-0.3, -0.25) is 9.59 Å². The third-order valence-electron chi connectivity index (χ3n) is 10.1. The number of carbonyl (C=O) groups excluding carboxylic acids is 2. The van der Waals surface area contributed by atoms with Crippen LogP contribution in [0.3, 0.4) is 0 Å². The molecule has 0 amide bonds. The Labute approximate surface area is 393 Å². The standard InChI is InChI=1S/C59H92O5/c1-3-5-7-9-11-13-15-17-19-21-23-25-26-27-28-29-30-31-32-34-36-38-40-42-44-46-48-50-52-54-59(62)64-57(55-60)56-63-58(61)53-51-49-47-45-43-41-39-37-35-33-24-22-20-18-16-14-12-10-8-6-4-2/h5-8,11-14,17-20,23-25,27-28,30-31,33-34,36,40,42,57,60H,3-4,9-10,15-16,21-22,26,29,32,35,37-39,41,43-56H2,1-2H3/b7-5-,8-6-,13-11-,14-12-,19-17-,20-18-,25-23-,28-27-,31-30-,33-24-,36-34-,42-40-. The largest absolute Gasteiger partial charge is 0.462 e. The molecule has 0 aromatic carbocycles. The summed E-state index contributed by atoms with van der Waals surface area (Å²) in [6.07, 6.45) is 80.7. The minimum atomic E-state index is -0.802. The third kappa shape index (κ3) is 50.4. The molecule has 5 heteroatoms. The fraction of sp³-hybridized carbons (Fsp3) is 0.559. The number of aliphatic hydroxyl groups is 1. The van der Waals surface area contributed by atoms with Crippen LogP contribution in [0.15, 0.2) is 146 Å². The summed E-state index contributed by atoms with van der Waals surface area (Å²) < 4.78 is 10.7. The fourth-order valence-electron chi connectivity index (χ4n) is 6.38. The van der Waals surface area contributed by atoms with Crippen LogP contribution in [-0.2, 0) is 19.1 Å². The Morgan fingerprint density at radius 1 is 0.359 bits per heavy atom. The zero-order valence-electron chi connectivity index (χ0n) is 40.7. The molecule has 0 fully saturated rings. The van der Waals surface area contributed by atoms with E-state index in [0.717, 1.165) is 135 Å². The Morgan fingerprint density at radius 3 is 0.938 bits per heavy atom. The zero-order chi connectivity index (χ0) is 46.3. The van der Waals surface area contributed by atoms with E-state index in [1.807, 2.05) is 0 Å². The average Bonchev–Trinajstić information content (AvgIpc) is 3.30. The summed E-state index contributed by atoms with van der Waals surface area (Å²) in [7, 11) is 0. The number of ether oxygens (including phenoxy) is 2. The van der Waals surface area contributed by atoms with Crippen molar-refractivity contribution in [2.45, 2.75) is 200 Å². The number of unbranched alkanes of at least 4 members (excludes halogenated alkanes) is 12. The Kier molecular flexibility index (Phi) is 49.6. The van der Waals surface area contributed by atoms with E-state index in [2.05, 4.69) is 160 Å². The first-order chi connectivity index (χ1) is 31.6. The molecule has 0 saturated heterocycles. The molecule has 358 valence electrons. The molecule has 0 bridgehead atoms. The lowest BCUT2D eigenvalue weighted by molar-refractivity contribution is -0.161. The van der Waals surface area contributed by atoms with E-state index in [1.54, 1.807) is 0 Å². The molecule has 0 saturated carbocycles. The Balaban J connectivity index is 3.67.